The summed E-state index contributed by atoms with van der Waals surface area (Å²) in [6.45, 7) is 0.437. The highest BCUT2D eigenvalue weighted by molar-refractivity contribution is 5.70. The van der Waals surface area contributed by atoms with Crippen LogP contribution in [0.1, 0.15) is 32.1 Å². The molecule has 3 atom stereocenters. The molecule has 0 spiro atoms. The van der Waals surface area contributed by atoms with E-state index in [0.29, 0.717) is 18.9 Å². The Kier molecular flexibility index (Phi) is 3.10. The van der Waals surface area contributed by atoms with Crippen molar-refractivity contribution in [3.05, 3.63) is 0 Å². The quantitative estimate of drug-likeness (QED) is 0.414. The number of isocyanates is 1. The van der Waals surface area contributed by atoms with Gasteiger partial charge >= 0.3 is 5.97 Å². The number of aliphatic imine (C=N–C) groups is 1. The molecule has 0 unspecified atom stereocenters. The van der Waals surface area contributed by atoms with Gasteiger partial charge in [0.25, 0.3) is 0 Å². The maximum absolute atomic E-state index is 11.4. The van der Waals surface area contributed by atoms with E-state index in [4.69, 9.17) is 4.74 Å². The van der Waals surface area contributed by atoms with Crippen LogP contribution in [0.2, 0.25) is 0 Å². The van der Waals surface area contributed by atoms with E-state index in [-0.39, 0.29) is 11.4 Å². The van der Waals surface area contributed by atoms with Gasteiger partial charge in [0.05, 0.1) is 20.1 Å². The van der Waals surface area contributed by atoms with E-state index in [1.165, 1.54) is 20.0 Å². The van der Waals surface area contributed by atoms with Crippen LogP contribution < -0.4 is 0 Å². The summed E-state index contributed by atoms with van der Waals surface area (Å²) < 4.78 is 4.73. The van der Waals surface area contributed by atoms with Crippen molar-refractivity contribution in [3.63, 3.8) is 0 Å². The topological polar surface area (TPSA) is 55.7 Å². The molecular formula is C12H17NO3. The van der Waals surface area contributed by atoms with Crippen LogP contribution in [0.3, 0.4) is 0 Å². The Bertz CT molecular complexity index is 335. The fourth-order valence-electron chi connectivity index (χ4n) is 3.59. The number of esters is 1. The van der Waals surface area contributed by atoms with E-state index in [0.717, 1.165) is 18.8 Å². The van der Waals surface area contributed by atoms with Crippen LogP contribution in [-0.4, -0.2) is 25.7 Å². The van der Waals surface area contributed by atoms with Crippen molar-refractivity contribution in [2.24, 2.45) is 22.2 Å². The van der Waals surface area contributed by atoms with Gasteiger partial charge in [-0.25, -0.2) is 9.79 Å². The van der Waals surface area contributed by atoms with E-state index >= 15 is 0 Å². The van der Waals surface area contributed by atoms with Gasteiger partial charge in [0.15, 0.2) is 0 Å². The summed E-state index contributed by atoms with van der Waals surface area (Å²) >= 11 is 0. The number of rotatable bonds is 4. The summed E-state index contributed by atoms with van der Waals surface area (Å²) in [5.41, 5.74) is -0.105. The van der Waals surface area contributed by atoms with Crippen LogP contribution in [0.15, 0.2) is 4.99 Å². The molecule has 0 radical (unpaired) electrons. The van der Waals surface area contributed by atoms with Crippen LogP contribution in [-0.2, 0) is 14.3 Å². The first-order valence-corrected chi connectivity index (χ1v) is 5.82. The Morgan fingerprint density at radius 2 is 2.38 bits per heavy atom. The van der Waals surface area contributed by atoms with Gasteiger partial charge in [-0.1, -0.05) is 12.8 Å². The maximum atomic E-state index is 11.4. The van der Waals surface area contributed by atoms with Crippen LogP contribution >= 0.6 is 0 Å². The standard InChI is InChI=1S/C12H17NO3/c1-16-11(15)6-12(7-13-8-14)5-9-3-2-4-10(9)12/h9-10H,2-7H2,1H3/t9-,10-,12-/m1/s1. The van der Waals surface area contributed by atoms with Gasteiger partial charge in [-0.05, 0) is 24.7 Å². The smallest absolute Gasteiger partial charge is 0.306 e. The van der Waals surface area contributed by atoms with Crippen molar-refractivity contribution >= 4 is 12.0 Å². The highest BCUT2D eigenvalue weighted by Gasteiger charge is 2.56. The van der Waals surface area contributed by atoms with Crippen molar-refractivity contribution in [2.75, 3.05) is 13.7 Å². The maximum Gasteiger partial charge on any atom is 0.306 e. The molecule has 4 nitrogen and oxygen atoms in total. The molecule has 2 saturated carbocycles. The molecule has 0 aliphatic heterocycles. The SMILES string of the molecule is COC(=O)C[C@@]1(CN=C=O)C[C@H]2CCC[C@H]21. The Morgan fingerprint density at radius 3 is 3.00 bits per heavy atom. The minimum Gasteiger partial charge on any atom is -0.469 e. The molecule has 0 bridgehead atoms. The Hall–Kier alpha value is -1.15. The summed E-state index contributed by atoms with van der Waals surface area (Å²) in [6, 6.07) is 0. The fraction of sp³-hybridized carbons (Fsp3) is 0.833. The molecule has 2 rings (SSSR count). The van der Waals surface area contributed by atoms with Gasteiger partial charge in [-0.3, -0.25) is 4.79 Å². The molecule has 0 saturated heterocycles. The van der Waals surface area contributed by atoms with E-state index in [1.54, 1.807) is 6.08 Å². The fourth-order valence-corrected chi connectivity index (χ4v) is 3.59. The summed E-state index contributed by atoms with van der Waals surface area (Å²) in [6.07, 6.45) is 6.66. The van der Waals surface area contributed by atoms with Crippen molar-refractivity contribution < 1.29 is 14.3 Å². The summed E-state index contributed by atoms with van der Waals surface area (Å²) in [5.74, 6) is 1.11. The van der Waals surface area contributed by atoms with Gasteiger partial charge in [-0.15, -0.1) is 0 Å². The molecule has 16 heavy (non-hydrogen) atoms. The normalized spacial score (nSPS) is 35.8. The number of ether oxygens (including phenoxy) is 1. The number of hydrogen-bond donors (Lipinski definition) is 0. The minimum atomic E-state index is -0.188. The van der Waals surface area contributed by atoms with E-state index in [2.05, 4.69) is 4.99 Å². The highest BCUT2D eigenvalue weighted by Crippen LogP contribution is 2.61. The van der Waals surface area contributed by atoms with Crippen LogP contribution in [0.5, 0.6) is 0 Å². The predicted octanol–water partition coefficient (Wildman–Crippen LogP) is 1.69. The van der Waals surface area contributed by atoms with Gasteiger partial charge in [0.1, 0.15) is 0 Å². The zero-order valence-corrected chi connectivity index (χ0v) is 9.57. The molecule has 2 fully saturated rings. The summed E-state index contributed by atoms with van der Waals surface area (Å²) in [7, 11) is 1.41. The van der Waals surface area contributed by atoms with Gasteiger partial charge < -0.3 is 4.74 Å². The van der Waals surface area contributed by atoms with Crippen molar-refractivity contribution in [2.45, 2.75) is 32.1 Å². The third kappa shape index (κ3) is 1.78. The summed E-state index contributed by atoms with van der Waals surface area (Å²) in [4.78, 5) is 25.3. The number of fused-ring (bicyclic) bond motifs is 1. The number of nitrogens with zero attached hydrogens (tertiary/aromatic N) is 1. The molecule has 0 amide bonds. The van der Waals surface area contributed by atoms with Crippen LogP contribution in [0, 0.1) is 17.3 Å². The molecule has 0 heterocycles. The molecule has 0 aromatic rings. The third-order valence-electron chi connectivity index (χ3n) is 4.30. The van der Waals surface area contributed by atoms with Crippen molar-refractivity contribution in [3.8, 4) is 0 Å². The number of carbonyl (C=O) groups excluding carboxylic acids is 2. The molecule has 0 aromatic heterocycles. The molecule has 4 heteroatoms. The predicted molar refractivity (Wildman–Crippen MR) is 57.5 cm³/mol. The Labute approximate surface area is 95.1 Å². The molecule has 2 aliphatic rings. The van der Waals surface area contributed by atoms with E-state index < -0.39 is 0 Å². The van der Waals surface area contributed by atoms with Gasteiger partial charge in [0, 0.05) is 5.41 Å². The second-order valence-electron chi connectivity index (χ2n) is 5.02. The lowest BCUT2D eigenvalue weighted by Crippen LogP contribution is -2.48. The van der Waals surface area contributed by atoms with E-state index in [9.17, 15) is 9.59 Å². The monoisotopic (exact) mass is 223 g/mol. The van der Waals surface area contributed by atoms with E-state index in [1.807, 2.05) is 0 Å². The summed E-state index contributed by atoms with van der Waals surface area (Å²) in [5, 5.41) is 0. The Morgan fingerprint density at radius 1 is 1.56 bits per heavy atom. The lowest BCUT2D eigenvalue weighted by molar-refractivity contribution is -0.148. The van der Waals surface area contributed by atoms with Crippen molar-refractivity contribution in [1.29, 1.82) is 0 Å². The lowest BCUT2D eigenvalue weighted by atomic mass is 9.53. The third-order valence-corrected chi connectivity index (χ3v) is 4.30. The van der Waals surface area contributed by atoms with Gasteiger partial charge in [-0.2, -0.15) is 0 Å². The first-order chi connectivity index (χ1) is 7.72. The number of methoxy groups -OCH3 is 1. The second-order valence-corrected chi connectivity index (χ2v) is 5.02. The largest absolute Gasteiger partial charge is 0.469 e. The highest BCUT2D eigenvalue weighted by atomic mass is 16.5. The molecule has 88 valence electrons. The Balaban J connectivity index is 2.07. The van der Waals surface area contributed by atoms with Crippen molar-refractivity contribution in [1.82, 2.24) is 0 Å². The zero-order chi connectivity index (χ0) is 11.6. The average molecular weight is 223 g/mol. The van der Waals surface area contributed by atoms with Crippen LogP contribution in [0.25, 0.3) is 0 Å². The zero-order valence-electron chi connectivity index (χ0n) is 9.57. The van der Waals surface area contributed by atoms with Crippen LogP contribution in [0.4, 0.5) is 0 Å². The molecule has 0 N–H and O–H groups in total. The average Bonchev–Trinajstić information content (AvgIpc) is 2.67. The lowest BCUT2D eigenvalue weighted by Gasteiger charge is -2.51. The molecule has 0 aromatic carbocycles. The molecular weight excluding hydrogens is 206 g/mol. The molecule has 2 aliphatic carbocycles. The van der Waals surface area contributed by atoms with Gasteiger partial charge in [0.2, 0.25) is 6.08 Å². The number of hydrogen-bond acceptors (Lipinski definition) is 4. The first kappa shape index (κ1) is 11.3. The first-order valence-electron chi connectivity index (χ1n) is 5.82. The second kappa shape index (κ2) is 4.38. The minimum absolute atomic E-state index is 0.105. The number of carbonyl (C=O) groups is 1.